The van der Waals surface area contributed by atoms with Crippen molar-refractivity contribution in [2.45, 2.75) is 6.61 Å². The molecule has 0 fully saturated rings. The van der Waals surface area contributed by atoms with Crippen molar-refractivity contribution >= 4 is 17.3 Å². The molecule has 2 rings (SSSR count). The molecule has 0 aliphatic rings. The van der Waals surface area contributed by atoms with Crippen LogP contribution in [-0.2, 0) is 11.3 Å². The van der Waals surface area contributed by atoms with E-state index in [0.717, 1.165) is 0 Å². The topological polar surface area (TPSA) is 73.1 Å². The molecule has 0 aliphatic carbocycles. The number of hydrogen-bond acceptors (Lipinski definition) is 5. The minimum absolute atomic E-state index is 0.267. The zero-order chi connectivity index (χ0) is 13.0. The van der Waals surface area contributed by atoms with Crippen LogP contribution in [-0.4, -0.2) is 17.1 Å². The Labute approximate surface area is 104 Å². The van der Waals surface area contributed by atoms with E-state index < -0.39 is 0 Å². The van der Waals surface area contributed by atoms with E-state index in [1.165, 1.54) is 12.1 Å². The number of nitrogens with two attached hydrogens (primary N) is 1. The molecule has 1 heterocycles. The number of benzene rings is 1. The maximum absolute atomic E-state index is 13.0. The molecule has 0 bridgehead atoms. The van der Waals surface area contributed by atoms with Gasteiger partial charge in [-0.1, -0.05) is 6.07 Å². The molecule has 0 unspecified atom stereocenters. The lowest BCUT2D eigenvalue weighted by Gasteiger charge is -2.08. The molecule has 18 heavy (non-hydrogen) atoms. The van der Waals surface area contributed by atoms with Crippen molar-refractivity contribution in [3.63, 3.8) is 0 Å². The standard InChI is InChI=1S/C12H13FN4O/c1-18-7-12-16-10(14)6-11(17-12)15-9-4-2-3-8(13)5-9/h2-6H,7H2,1H3,(H3,14,15,16,17). The molecular formula is C12H13FN4O. The van der Waals surface area contributed by atoms with Crippen LogP contribution in [0.2, 0.25) is 0 Å². The highest BCUT2D eigenvalue weighted by Crippen LogP contribution is 2.17. The number of aromatic nitrogens is 2. The minimum Gasteiger partial charge on any atom is -0.384 e. The minimum atomic E-state index is -0.320. The van der Waals surface area contributed by atoms with Gasteiger partial charge in [-0.2, -0.15) is 0 Å². The molecule has 0 radical (unpaired) electrons. The first kappa shape index (κ1) is 12.3. The number of halogens is 1. The Morgan fingerprint density at radius 3 is 2.89 bits per heavy atom. The Kier molecular flexibility index (Phi) is 3.69. The van der Waals surface area contributed by atoms with Gasteiger partial charge in [-0.3, -0.25) is 0 Å². The van der Waals surface area contributed by atoms with Gasteiger partial charge < -0.3 is 15.8 Å². The van der Waals surface area contributed by atoms with Crippen molar-refractivity contribution in [3.05, 3.63) is 42.0 Å². The normalized spacial score (nSPS) is 10.3. The van der Waals surface area contributed by atoms with Gasteiger partial charge in [0.2, 0.25) is 0 Å². The lowest BCUT2D eigenvalue weighted by molar-refractivity contribution is 0.178. The molecule has 0 saturated heterocycles. The van der Waals surface area contributed by atoms with Crippen LogP contribution in [0.1, 0.15) is 5.82 Å². The van der Waals surface area contributed by atoms with Gasteiger partial charge in [0.05, 0.1) is 0 Å². The molecule has 0 atom stereocenters. The summed E-state index contributed by atoms with van der Waals surface area (Å²) in [5, 5.41) is 2.96. The lowest BCUT2D eigenvalue weighted by Crippen LogP contribution is -2.04. The second kappa shape index (κ2) is 5.42. The summed E-state index contributed by atoms with van der Waals surface area (Å²) in [7, 11) is 1.55. The fourth-order valence-corrected chi connectivity index (χ4v) is 1.49. The van der Waals surface area contributed by atoms with Crippen molar-refractivity contribution in [2.75, 3.05) is 18.2 Å². The van der Waals surface area contributed by atoms with E-state index >= 15 is 0 Å². The highest BCUT2D eigenvalue weighted by Gasteiger charge is 2.03. The Bertz CT molecular complexity index is 547. The first-order valence-corrected chi connectivity index (χ1v) is 5.32. The molecule has 0 aliphatic heterocycles. The quantitative estimate of drug-likeness (QED) is 0.866. The van der Waals surface area contributed by atoms with E-state index in [0.29, 0.717) is 23.1 Å². The monoisotopic (exact) mass is 248 g/mol. The van der Waals surface area contributed by atoms with Crippen molar-refractivity contribution in [1.82, 2.24) is 9.97 Å². The average Bonchev–Trinajstić information content (AvgIpc) is 2.28. The van der Waals surface area contributed by atoms with Crippen molar-refractivity contribution < 1.29 is 9.13 Å². The number of rotatable bonds is 4. The zero-order valence-electron chi connectivity index (χ0n) is 9.85. The SMILES string of the molecule is COCc1nc(N)cc(Nc2cccc(F)c2)n1. The van der Waals surface area contributed by atoms with Gasteiger partial charge in [0.1, 0.15) is 24.1 Å². The Balaban J connectivity index is 2.23. The summed E-state index contributed by atoms with van der Waals surface area (Å²) < 4.78 is 18.0. The molecule has 1 aromatic heterocycles. The molecule has 2 aromatic rings. The largest absolute Gasteiger partial charge is 0.384 e. The summed E-state index contributed by atoms with van der Waals surface area (Å²) in [4.78, 5) is 8.21. The van der Waals surface area contributed by atoms with Crippen molar-refractivity contribution in [1.29, 1.82) is 0 Å². The molecule has 0 saturated carbocycles. The van der Waals surface area contributed by atoms with E-state index in [1.54, 1.807) is 25.3 Å². The van der Waals surface area contributed by atoms with Crippen LogP contribution < -0.4 is 11.1 Å². The van der Waals surface area contributed by atoms with Gasteiger partial charge >= 0.3 is 0 Å². The molecular weight excluding hydrogens is 235 g/mol. The smallest absolute Gasteiger partial charge is 0.158 e. The summed E-state index contributed by atoms with van der Waals surface area (Å²) in [6.07, 6.45) is 0. The predicted molar refractivity (Wildman–Crippen MR) is 66.8 cm³/mol. The second-order valence-electron chi connectivity index (χ2n) is 3.66. The fourth-order valence-electron chi connectivity index (χ4n) is 1.49. The third-order valence-electron chi connectivity index (χ3n) is 2.16. The third kappa shape index (κ3) is 3.14. The van der Waals surface area contributed by atoms with E-state index in [4.69, 9.17) is 10.5 Å². The summed E-state index contributed by atoms with van der Waals surface area (Å²) >= 11 is 0. The second-order valence-corrected chi connectivity index (χ2v) is 3.66. The summed E-state index contributed by atoms with van der Waals surface area (Å²) in [6.45, 7) is 0.267. The van der Waals surface area contributed by atoms with Gasteiger partial charge in [0.25, 0.3) is 0 Å². The van der Waals surface area contributed by atoms with Gasteiger partial charge in [-0.05, 0) is 18.2 Å². The lowest BCUT2D eigenvalue weighted by atomic mass is 10.3. The molecule has 5 nitrogen and oxygen atoms in total. The molecule has 1 aromatic carbocycles. The molecule has 6 heteroatoms. The highest BCUT2D eigenvalue weighted by atomic mass is 19.1. The Hall–Kier alpha value is -2.21. The highest BCUT2D eigenvalue weighted by molar-refractivity contribution is 5.58. The van der Waals surface area contributed by atoms with E-state index in [-0.39, 0.29) is 12.4 Å². The van der Waals surface area contributed by atoms with Crippen LogP contribution in [0, 0.1) is 5.82 Å². The Morgan fingerprint density at radius 1 is 1.33 bits per heavy atom. The molecule has 3 N–H and O–H groups in total. The van der Waals surface area contributed by atoms with Crippen LogP contribution in [0.15, 0.2) is 30.3 Å². The average molecular weight is 248 g/mol. The maximum atomic E-state index is 13.0. The molecule has 94 valence electrons. The van der Waals surface area contributed by atoms with Gasteiger partial charge in [-0.15, -0.1) is 0 Å². The van der Waals surface area contributed by atoms with Gasteiger partial charge in [0, 0.05) is 18.9 Å². The molecule has 0 amide bonds. The number of anilines is 3. The summed E-state index contributed by atoms with van der Waals surface area (Å²) in [6, 6.07) is 7.66. The number of hydrogen-bond donors (Lipinski definition) is 2. The number of nitrogens with zero attached hydrogens (tertiary/aromatic N) is 2. The summed E-state index contributed by atoms with van der Waals surface area (Å²) in [5.74, 6) is 0.978. The van der Waals surface area contributed by atoms with Crippen molar-refractivity contribution in [3.8, 4) is 0 Å². The molecule has 0 spiro atoms. The predicted octanol–water partition coefficient (Wildman–Crippen LogP) is 2.09. The van der Waals surface area contributed by atoms with Crippen molar-refractivity contribution in [2.24, 2.45) is 0 Å². The van der Waals surface area contributed by atoms with E-state index in [2.05, 4.69) is 15.3 Å². The Morgan fingerprint density at radius 2 is 2.17 bits per heavy atom. The number of ether oxygens (including phenoxy) is 1. The third-order valence-corrected chi connectivity index (χ3v) is 2.16. The summed E-state index contributed by atoms with van der Waals surface area (Å²) in [5.41, 5.74) is 6.25. The first-order chi connectivity index (χ1) is 8.67. The van der Waals surface area contributed by atoms with Crippen LogP contribution in [0.4, 0.5) is 21.7 Å². The zero-order valence-corrected chi connectivity index (χ0v) is 9.85. The van der Waals surface area contributed by atoms with Crippen LogP contribution in [0.3, 0.4) is 0 Å². The van der Waals surface area contributed by atoms with Gasteiger partial charge in [0.15, 0.2) is 5.82 Å². The first-order valence-electron chi connectivity index (χ1n) is 5.32. The van der Waals surface area contributed by atoms with Crippen LogP contribution in [0.5, 0.6) is 0 Å². The van der Waals surface area contributed by atoms with Gasteiger partial charge in [-0.25, -0.2) is 14.4 Å². The van der Waals surface area contributed by atoms with E-state index in [1.807, 2.05) is 0 Å². The van der Waals surface area contributed by atoms with E-state index in [9.17, 15) is 4.39 Å². The van der Waals surface area contributed by atoms with Crippen LogP contribution >= 0.6 is 0 Å². The number of nitrogens with one attached hydrogen (secondary N) is 1. The van der Waals surface area contributed by atoms with Crippen LogP contribution in [0.25, 0.3) is 0 Å². The fraction of sp³-hybridized carbons (Fsp3) is 0.167. The number of nitrogen functional groups attached to an aromatic ring is 1. The maximum Gasteiger partial charge on any atom is 0.158 e. The number of methoxy groups -OCH3 is 1.